The van der Waals surface area contributed by atoms with E-state index in [0.717, 1.165) is 36.1 Å². The van der Waals surface area contributed by atoms with Crippen molar-refractivity contribution in [3.63, 3.8) is 0 Å². The number of amides is 1. The molecule has 2 N–H and O–H groups in total. The number of rotatable bonds is 8. The van der Waals surface area contributed by atoms with Gasteiger partial charge in [-0.25, -0.2) is 4.98 Å². The second-order valence-electron chi connectivity index (χ2n) is 10.7. The van der Waals surface area contributed by atoms with Crippen molar-refractivity contribution in [1.29, 1.82) is 0 Å². The van der Waals surface area contributed by atoms with E-state index in [-0.39, 0.29) is 12.3 Å². The zero-order valence-electron chi connectivity index (χ0n) is 22.9. The van der Waals surface area contributed by atoms with Crippen LogP contribution in [0.15, 0.2) is 46.9 Å². The van der Waals surface area contributed by atoms with Gasteiger partial charge in [0.25, 0.3) is 10.2 Å². The van der Waals surface area contributed by atoms with Crippen LogP contribution in [0.3, 0.4) is 0 Å². The maximum absolute atomic E-state index is 13.6. The molecule has 2 aromatic carbocycles. The van der Waals surface area contributed by atoms with E-state index in [1.165, 1.54) is 4.80 Å². The predicted molar refractivity (Wildman–Crippen MR) is 150 cm³/mol. The molecule has 0 bridgehead atoms. The van der Waals surface area contributed by atoms with Crippen molar-refractivity contribution in [3.8, 4) is 11.4 Å². The van der Waals surface area contributed by atoms with Crippen LogP contribution in [0.25, 0.3) is 22.5 Å². The summed E-state index contributed by atoms with van der Waals surface area (Å²) < 4.78 is 36.4. The minimum Gasteiger partial charge on any atom is -0.440 e. The van der Waals surface area contributed by atoms with E-state index in [1.807, 2.05) is 24.3 Å². The fraction of sp³-hybridized carbons (Fsp3) is 0.444. The molecule has 13 nitrogen and oxygen atoms in total. The lowest BCUT2D eigenvalue weighted by Crippen LogP contribution is -2.54. The van der Waals surface area contributed by atoms with Gasteiger partial charge in [-0.3, -0.25) is 9.69 Å². The van der Waals surface area contributed by atoms with Gasteiger partial charge in [-0.1, -0.05) is 30.3 Å². The Balaban J connectivity index is 1.05. The molecule has 4 aromatic rings. The van der Waals surface area contributed by atoms with E-state index in [4.69, 9.17) is 10.2 Å². The lowest BCUT2D eigenvalue weighted by atomic mass is 10.00. The van der Waals surface area contributed by atoms with Crippen molar-refractivity contribution in [2.45, 2.75) is 31.7 Å². The number of piperazine rings is 1. The molecule has 2 aromatic heterocycles. The lowest BCUT2D eigenvalue weighted by Gasteiger charge is -2.38. The molecular formula is C27H33N9O4S. The highest BCUT2D eigenvalue weighted by atomic mass is 32.2. The highest BCUT2D eigenvalue weighted by Crippen LogP contribution is 2.31. The maximum Gasteiger partial charge on any atom is 0.282 e. The standard InChI is InChI=1S/C27H33N9O4S/c1-33-31-26(30-32-33)21-7-4-19(5-8-21)17-34-11-13-35(14-12-34)41(38,39)36-10-2-3-22(18-36)27-29-23-15-20(16-25(28)37)6-9-24(23)40-27/h4-9,15,22H,2-3,10-14,16-18H2,1H3,(H2,28,37)/t22-/m1/s1. The van der Waals surface area contributed by atoms with Crippen molar-refractivity contribution in [2.24, 2.45) is 12.8 Å². The molecule has 216 valence electrons. The summed E-state index contributed by atoms with van der Waals surface area (Å²) in [7, 11) is -1.88. The van der Waals surface area contributed by atoms with Gasteiger partial charge in [-0.2, -0.15) is 21.8 Å². The Morgan fingerprint density at radius 1 is 1.02 bits per heavy atom. The van der Waals surface area contributed by atoms with Crippen molar-refractivity contribution in [3.05, 3.63) is 59.5 Å². The lowest BCUT2D eigenvalue weighted by molar-refractivity contribution is -0.117. The third kappa shape index (κ3) is 6.00. The number of aryl methyl sites for hydroxylation is 1. The van der Waals surface area contributed by atoms with Crippen LogP contribution in [0.4, 0.5) is 0 Å². The van der Waals surface area contributed by atoms with E-state index >= 15 is 0 Å². The Morgan fingerprint density at radius 3 is 2.49 bits per heavy atom. The number of nitrogens with zero attached hydrogens (tertiary/aromatic N) is 8. The van der Waals surface area contributed by atoms with Crippen LogP contribution in [0.2, 0.25) is 0 Å². The number of nitrogens with two attached hydrogens (primary N) is 1. The Morgan fingerprint density at radius 2 is 1.78 bits per heavy atom. The first-order valence-corrected chi connectivity index (χ1v) is 15.1. The predicted octanol–water partition coefficient (Wildman–Crippen LogP) is 1.29. The van der Waals surface area contributed by atoms with Gasteiger partial charge in [0, 0.05) is 57.3 Å². The molecule has 1 amide bonds. The smallest absolute Gasteiger partial charge is 0.282 e. The van der Waals surface area contributed by atoms with Gasteiger partial charge in [0.15, 0.2) is 11.5 Å². The van der Waals surface area contributed by atoms with Crippen LogP contribution in [0.5, 0.6) is 0 Å². The Hall–Kier alpha value is -3.72. The van der Waals surface area contributed by atoms with Crippen LogP contribution >= 0.6 is 0 Å². The molecule has 6 rings (SSSR count). The van der Waals surface area contributed by atoms with Crippen LogP contribution in [-0.2, 0) is 35.0 Å². The van der Waals surface area contributed by atoms with Gasteiger partial charge in [-0.15, -0.1) is 10.2 Å². The summed E-state index contributed by atoms with van der Waals surface area (Å²) in [6.07, 6.45) is 1.66. The van der Waals surface area contributed by atoms with Crippen molar-refractivity contribution in [2.75, 3.05) is 39.3 Å². The van der Waals surface area contributed by atoms with E-state index in [9.17, 15) is 13.2 Å². The second kappa shape index (κ2) is 11.3. The van der Waals surface area contributed by atoms with Crippen LogP contribution in [0.1, 0.15) is 35.8 Å². The minimum absolute atomic E-state index is 0.133. The number of aromatic nitrogens is 5. The summed E-state index contributed by atoms with van der Waals surface area (Å²) in [6, 6.07) is 13.4. The average Bonchev–Trinajstić information content (AvgIpc) is 3.60. The molecule has 2 aliphatic rings. The summed E-state index contributed by atoms with van der Waals surface area (Å²) >= 11 is 0. The quantitative estimate of drug-likeness (QED) is 0.325. The molecule has 41 heavy (non-hydrogen) atoms. The number of hydrogen-bond acceptors (Lipinski definition) is 9. The summed E-state index contributed by atoms with van der Waals surface area (Å²) in [5.41, 5.74) is 9.40. The largest absolute Gasteiger partial charge is 0.440 e. The molecule has 1 atom stereocenters. The van der Waals surface area contributed by atoms with E-state index < -0.39 is 16.1 Å². The molecule has 2 fully saturated rings. The zero-order chi connectivity index (χ0) is 28.6. The first-order valence-electron chi connectivity index (χ1n) is 13.7. The Labute approximate surface area is 238 Å². The van der Waals surface area contributed by atoms with Gasteiger partial charge in [0.05, 0.1) is 13.5 Å². The number of primary amides is 1. The molecule has 0 unspecified atom stereocenters. The SMILES string of the molecule is Cn1nnc(-c2ccc(CN3CCN(S(=O)(=O)N4CCC[C@@H](c5nc6cc(CC(N)=O)ccc6o5)C4)CC3)cc2)n1. The fourth-order valence-electron chi connectivity index (χ4n) is 5.53. The van der Waals surface area contributed by atoms with Gasteiger partial charge in [0.1, 0.15) is 5.52 Å². The number of benzene rings is 2. The number of carbonyl (C=O) groups excluding carboxylic acids is 1. The number of carbonyl (C=O) groups is 1. The fourth-order valence-corrected chi connectivity index (χ4v) is 7.21. The summed E-state index contributed by atoms with van der Waals surface area (Å²) in [6.45, 7) is 3.75. The zero-order valence-corrected chi connectivity index (χ0v) is 23.7. The number of piperidine rings is 1. The van der Waals surface area contributed by atoms with Crippen molar-refractivity contribution >= 4 is 27.2 Å². The topological polar surface area (TPSA) is 157 Å². The first-order chi connectivity index (χ1) is 19.7. The van der Waals surface area contributed by atoms with Gasteiger partial charge >= 0.3 is 0 Å². The summed E-state index contributed by atoms with van der Waals surface area (Å²) in [5, 5.41) is 12.2. The maximum atomic E-state index is 13.6. The van der Waals surface area contributed by atoms with Gasteiger partial charge < -0.3 is 10.2 Å². The van der Waals surface area contributed by atoms with E-state index in [1.54, 1.807) is 33.9 Å². The second-order valence-corrected chi connectivity index (χ2v) is 12.6. The normalized spacial score (nSPS) is 19.6. The Bertz CT molecular complexity index is 1640. The summed E-state index contributed by atoms with van der Waals surface area (Å²) in [4.78, 5) is 19.6. The third-order valence-electron chi connectivity index (χ3n) is 7.69. The first kappa shape index (κ1) is 27.4. The number of oxazole rings is 1. The average molecular weight is 580 g/mol. The highest BCUT2D eigenvalue weighted by molar-refractivity contribution is 7.86. The van der Waals surface area contributed by atoms with Crippen LogP contribution in [0, 0.1) is 0 Å². The highest BCUT2D eigenvalue weighted by Gasteiger charge is 2.37. The molecule has 2 aliphatic heterocycles. The molecule has 0 saturated carbocycles. The molecular weight excluding hydrogens is 546 g/mol. The van der Waals surface area contributed by atoms with E-state index in [2.05, 4.69) is 25.3 Å². The molecule has 0 radical (unpaired) electrons. The van der Waals surface area contributed by atoms with Gasteiger partial charge in [0.2, 0.25) is 11.7 Å². The van der Waals surface area contributed by atoms with Crippen LogP contribution in [-0.4, -0.2) is 92.3 Å². The number of tetrazole rings is 1. The molecule has 4 heterocycles. The van der Waals surface area contributed by atoms with Crippen LogP contribution < -0.4 is 5.73 Å². The van der Waals surface area contributed by atoms with Gasteiger partial charge in [-0.05, 0) is 41.3 Å². The van der Waals surface area contributed by atoms with Crippen molar-refractivity contribution < 1.29 is 17.6 Å². The molecule has 2 saturated heterocycles. The third-order valence-corrected chi connectivity index (χ3v) is 9.69. The monoisotopic (exact) mass is 579 g/mol. The molecule has 0 aliphatic carbocycles. The Kier molecular flexibility index (Phi) is 7.55. The summed E-state index contributed by atoms with van der Waals surface area (Å²) in [5.74, 6) is 0.574. The van der Waals surface area contributed by atoms with Crippen molar-refractivity contribution in [1.82, 2.24) is 38.7 Å². The number of hydrogen-bond donors (Lipinski definition) is 1. The number of fused-ring (bicyclic) bond motifs is 1. The van der Waals surface area contributed by atoms with E-state index in [0.29, 0.717) is 62.1 Å². The molecule has 0 spiro atoms. The molecule has 14 heteroatoms. The minimum atomic E-state index is -3.61.